The lowest BCUT2D eigenvalue weighted by Crippen LogP contribution is -2.08. The lowest BCUT2D eigenvalue weighted by atomic mass is 10.1. The number of aliphatic imine (C=N–C) groups is 1. The Morgan fingerprint density at radius 2 is 1.90 bits per heavy atom. The summed E-state index contributed by atoms with van der Waals surface area (Å²) in [4.78, 5) is 4.28. The maximum atomic E-state index is 4.28. The number of nitrogens with zero attached hydrogens (tertiary/aromatic N) is 1. The Hall–Kier alpha value is -0.590. The van der Waals surface area contributed by atoms with Gasteiger partial charge in [0.25, 0.3) is 0 Å². The van der Waals surface area contributed by atoms with Crippen LogP contribution in [0.15, 0.2) is 17.1 Å². The van der Waals surface area contributed by atoms with Gasteiger partial charge in [-0.05, 0) is 33.3 Å². The largest absolute Gasteiger partial charge is 0.287 e. The molecule has 1 heteroatoms. The quantitative estimate of drug-likeness (QED) is 0.522. The summed E-state index contributed by atoms with van der Waals surface area (Å²) in [6.45, 7) is 8.37. The summed E-state index contributed by atoms with van der Waals surface area (Å²) in [6.07, 6.45) is 7.03. The fourth-order valence-corrected chi connectivity index (χ4v) is 0.464. The van der Waals surface area contributed by atoms with Gasteiger partial charge in [-0.3, -0.25) is 4.99 Å². The van der Waals surface area contributed by atoms with Crippen molar-refractivity contribution in [2.75, 3.05) is 0 Å². The fraction of sp³-hybridized carbons (Fsp3) is 0.667. The molecule has 10 heavy (non-hydrogen) atoms. The predicted octanol–water partition coefficient (Wildman–Crippen LogP) is 2.82. The molecule has 1 nitrogen and oxygen atoms in total. The first-order valence-electron chi connectivity index (χ1n) is 3.76. The van der Waals surface area contributed by atoms with Crippen LogP contribution in [-0.4, -0.2) is 11.8 Å². The summed E-state index contributed by atoms with van der Waals surface area (Å²) in [5.41, 5.74) is 0.0675. The summed E-state index contributed by atoms with van der Waals surface area (Å²) in [7, 11) is 0. The Morgan fingerprint density at radius 3 is 2.30 bits per heavy atom. The molecular formula is C9H17N. The summed E-state index contributed by atoms with van der Waals surface area (Å²) in [6, 6.07) is 0. The second kappa shape index (κ2) is 4.26. The molecule has 0 aromatic heterocycles. The first kappa shape index (κ1) is 9.41. The molecule has 0 N–H and O–H groups in total. The Morgan fingerprint density at radius 1 is 1.30 bits per heavy atom. The lowest BCUT2D eigenvalue weighted by Gasteiger charge is -2.09. The van der Waals surface area contributed by atoms with Gasteiger partial charge >= 0.3 is 0 Å². The Balaban J connectivity index is 3.66. The molecule has 0 aliphatic heterocycles. The zero-order valence-corrected chi connectivity index (χ0v) is 7.39. The van der Waals surface area contributed by atoms with Gasteiger partial charge in [0, 0.05) is 6.21 Å². The van der Waals surface area contributed by atoms with Gasteiger partial charge in [0.05, 0.1) is 5.54 Å². The van der Waals surface area contributed by atoms with Crippen LogP contribution in [0, 0.1) is 0 Å². The summed E-state index contributed by atoms with van der Waals surface area (Å²) < 4.78 is 0. The third-order valence-electron chi connectivity index (χ3n) is 0.920. The van der Waals surface area contributed by atoms with Crippen molar-refractivity contribution in [3.05, 3.63) is 12.2 Å². The van der Waals surface area contributed by atoms with Gasteiger partial charge in [0.1, 0.15) is 0 Å². The van der Waals surface area contributed by atoms with E-state index in [9.17, 15) is 0 Å². The van der Waals surface area contributed by atoms with Crippen LogP contribution in [0.25, 0.3) is 0 Å². The second-order valence-corrected chi connectivity index (χ2v) is 3.29. The third kappa shape index (κ3) is 7.41. The van der Waals surface area contributed by atoms with E-state index < -0.39 is 0 Å². The molecule has 0 saturated carbocycles. The summed E-state index contributed by atoms with van der Waals surface area (Å²) >= 11 is 0. The molecule has 0 aliphatic carbocycles. The van der Waals surface area contributed by atoms with E-state index in [1.807, 2.05) is 12.3 Å². The van der Waals surface area contributed by atoms with Crippen LogP contribution in [0.1, 0.15) is 34.1 Å². The van der Waals surface area contributed by atoms with E-state index in [-0.39, 0.29) is 5.54 Å². The standard InChI is InChI=1S/C9H17N/c1-5-6-7-8-10-9(2,3)4/h6-8H,5H2,1-4H3/b7-6+,10-8?. The van der Waals surface area contributed by atoms with Gasteiger partial charge in [0.15, 0.2) is 0 Å². The molecule has 0 saturated heterocycles. The minimum absolute atomic E-state index is 0.0675. The Labute approximate surface area is 63.9 Å². The van der Waals surface area contributed by atoms with E-state index in [0.29, 0.717) is 0 Å². The van der Waals surface area contributed by atoms with E-state index in [1.165, 1.54) is 0 Å². The molecule has 58 valence electrons. The molecular weight excluding hydrogens is 122 g/mol. The van der Waals surface area contributed by atoms with E-state index >= 15 is 0 Å². The van der Waals surface area contributed by atoms with Crippen molar-refractivity contribution >= 4 is 6.21 Å². The monoisotopic (exact) mass is 139 g/mol. The topological polar surface area (TPSA) is 12.4 Å². The van der Waals surface area contributed by atoms with E-state index in [1.54, 1.807) is 0 Å². The van der Waals surface area contributed by atoms with E-state index in [2.05, 4.69) is 38.8 Å². The van der Waals surface area contributed by atoms with Crippen LogP contribution in [0.2, 0.25) is 0 Å². The van der Waals surface area contributed by atoms with Gasteiger partial charge in [-0.25, -0.2) is 0 Å². The van der Waals surface area contributed by atoms with Crippen molar-refractivity contribution < 1.29 is 0 Å². The molecule has 0 aromatic carbocycles. The minimum Gasteiger partial charge on any atom is -0.287 e. The SMILES string of the molecule is CC/C=C/C=NC(C)(C)C. The zero-order valence-electron chi connectivity index (χ0n) is 7.39. The highest BCUT2D eigenvalue weighted by molar-refractivity contribution is 5.71. The minimum atomic E-state index is 0.0675. The highest BCUT2D eigenvalue weighted by atomic mass is 14.8. The van der Waals surface area contributed by atoms with Crippen molar-refractivity contribution in [2.45, 2.75) is 39.7 Å². The molecule has 0 bridgehead atoms. The highest BCUT2D eigenvalue weighted by Gasteiger charge is 2.02. The first-order valence-corrected chi connectivity index (χ1v) is 3.76. The van der Waals surface area contributed by atoms with Crippen molar-refractivity contribution in [3.8, 4) is 0 Å². The molecule has 0 radical (unpaired) electrons. The molecule has 0 amide bonds. The van der Waals surface area contributed by atoms with Gasteiger partial charge in [-0.15, -0.1) is 0 Å². The van der Waals surface area contributed by atoms with Crippen LogP contribution in [0.3, 0.4) is 0 Å². The lowest BCUT2D eigenvalue weighted by molar-refractivity contribution is 0.587. The smallest absolute Gasteiger partial charge is 0.0524 e. The van der Waals surface area contributed by atoms with Crippen LogP contribution < -0.4 is 0 Å². The summed E-state index contributed by atoms with van der Waals surface area (Å²) in [5.74, 6) is 0. The van der Waals surface area contributed by atoms with E-state index in [0.717, 1.165) is 6.42 Å². The van der Waals surface area contributed by atoms with Crippen LogP contribution in [0.4, 0.5) is 0 Å². The van der Waals surface area contributed by atoms with Crippen molar-refractivity contribution in [1.82, 2.24) is 0 Å². The normalized spacial score (nSPS) is 13.6. The maximum absolute atomic E-state index is 4.28. The molecule has 0 spiro atoms. The number of rotatable bonds is 2. The highest BCUT2D eigenvalue weighted by Crippen LogP contribution is 2.04. The average molecular weight is 139 g/mol. The van der Waals surface area contributed by atoms with Gasteiger partial charge in [-0.1, -0.05) is 13.0 Å². The van der Waals surface area contributed by atoms with Crippen LogP contribution in [-0.2, 0) is 0 Å². The van der Waals surface area contributed by atoms with Crippen LogP contribution >= 0.6 is 0 Å². The summed E-state index contributed by atoms with van der Waals surface area (Å²) in [5, 5.41) is 0. The zero-order chi connectivity index (χ0) is 8.04. The Bertz CT molecular complexity index is 126. The molecule has 0 aromatic rings. The maximum Gasteiger partial charge on any atom is 0.0524 e. The van der Waals surface area contributed by atoms with E-state index in [4.69, 9.17) is 0 Å². The van der Waals surface area contributed by atoms with Gasteiger partial charge < -0.3 is 0 Å². The first-order chi connectivity index (χ1) is 4.56. The van der Waals surface area contributed by atoms with Crippen molar-refractivity contribution in [2.24, 2.45) is 4.99 Å². The molecule has 0 atom stereocenters. The average Bonchev–Trinajstić information content (AvgIpc) is 1.78. The molecule has 0 aliphatic rings. The van der Waals surface area contributed by atoms with Crippen LogP contribution in [0.5, 0.6) is 0 Å². The molecule has 0 unspecified atom stereocenters. The number of hydrogen-bond donors (Lipinski definition) is 0. The molecule has 0 heterocycles. The second-order valence-electron chi connectivity index (χ2n) is 3.29. The van der Waals surface area contributed by atoms with Gasteiger partial charge in [-0.2, -0.15) is 0 Å². The van der Waals surface area contributed by atoms with Crippen molar-refractivity contribution in [1.29, 1.82) is 0 Å². The number of hydrogen-bond acceptors (Lipinski definition) is 1. The number of allylic oxidation sites excluding steroid dienone is 2. The van der Waals surface area contributed by atoms with Gasteiger partial charge in [0.2, 0.25) is 0 Å². The fourth-order valence-electron chi connectivity index (χ4n) is 0.464. The molecule has 0 fully saturated rings. The third-order valence-corrected chi connectivity index (χ3v) is 0.920. The van der Waals surface area contributed by atoms with Crippen molar-refractivity contribution in [3.63, 3.8) is 0 Å². The molecule has 0 rings (SSSR count). The Kier molecular flexibility index (Phi) is 4.01. The predicted molar refractivity (Wildman–Crippen MR) is 47.7 cm³/mol.